The van der Waals surface area contributed by atoms with E-state index >= 15 is 0 Å². The van der Waals surface area contributed by atoms with Crippen LogP contribution in [0.15, 0.2) is 29.1 Å². The molecule has 17 heteroatoms. The van der Waals surface area contributed by atoms with E-state index in [0.717, 1.165) is 5.56 Å². The minimum Gasteiger partial charge on any atom is -0.457 e. The molecule has 4 heterocycles. The lowest BCUT2D eigenvalue weighted by Gasteiger charge is -2.35. The third-order valence-electron chi connectivity index (χ3n) is 9.17. The molecule has 2 aliphatic rings. The molecule has 5 rings (SSSR count). The minimum absolute atomic E-state index is 0.0458. The van der Waals surface area contributed by atoms with E-state index in [9.17, 15) is 41.9 Å². The number of ether oxygens (including phenoxy) is 3. The largest absolute Gasteiger partial charge is 0.490 e. The zero-order valence-corrected chi connectivity index (χ0v) is 28.2. The molecule has 0 bridgehead atoms. The Bertz CT molecular complexity index is 2040. The number of hydrogen-bond donors (Lipinski definition) is 3. The normalized spacial score (nSPS) is 17.1. The van der Waals surface area contributed by atoms with E-state index in [4.69, 9.17) is 30.7 Å². The van der Waals surface area contributed by atoms with Gasteiger partial charge in [-0.05, 0) is 62.9 Å². The minimum atomic E-state index is -5.40. The first kappa shape index (κ1) is 36.9. The van der Waals surface area contributed by atoms with Gasteiger partial charge in [0.15, 0.2) is 0 Å². The van der Waals surface area contributed by atoms with Gasteiger partial charge < -0.3 is 35.6 Å². The van der Waals surface area contributed by atoms with Crippen molar-refractivity contribution in [3.05, 3.63) is 56.9 Å². The fraction of sp³-hybridized carbons (Fsp3) is 0.441. The monoisotopic (exact) mass is 715 g/mol. The average molecular weight is 716 g/mol. The predicted molar refractivity (Wildman–Crippen MR) is 173 cm³/mol. The summed E-state index contributed by atoms with van der Waals surface area (Å²) >= 11 is 0. The Kier molecular flexibility index (Phi) is 9.73. The average Bonchev–Trinajstić information content (AvgIpc) is 3.42. The molecule has 14 nitrogen and oxygen atoms in total. The molecule has 0 radical (unpaired) electrons. The molecular weight excluding hydrogens is 679 g/mol. The highest BCUT2D eigenvalue weighted by atomic mass is 19.4. The van der Waals surface area contributed by atoms with Crippen LogP contribution in [0.5, 0.6) is 5.75 Å². The second kappa shape index (κ2) is 13.4. The number of alkyl halides is 3. The van der Waals surface area contributed by atoms with Gasteiger partial charge in [0, 0.05) is 23.1 Å². The van der Waals surface area contributed by atoms with Gasteiger partial charge in [-0.25, -0.2) is 14.6 Å². The van der Waals surface area contributed by atoms with Gasteiger partial charge in [0.05, 0.1) is 46.9 Å². The number of hydrogen-bond acceptors (Lipinski definition) is 11. The Labute approximate surface area is 288 Å². The maximum absolute atomic E-state index is 13.8. The Morgan fingerprint density at radius 1 is 1.10 bits per heavy atom. The molecule has 0 fully saturated rings. The highest BCUT2D eigenvalue weighted by molar-refractivity contribution is 5.92. The van der Waals surface area contributed by atoms with E-state index in [0.29, 0.717) is 28.6 Å². The van der Waals surface area contributed by atoms with Gasteiger partial charge in [0.2, 0.25) is 17.4 Å². The first-order valence-corrected chi connectivity index (χ1v) is 16.1. The molecule has 0 saturated carbocycles. The summed E-state index contributed by atoms with van der Waals surface area (Å²) in [5.41, 5.74) is 8.68. The number of nitrogens with one attached hydrogen (secondary N) is 1. The summed E-state index contributed by atoms with van der Waals surface area (Å²) < 4.78 is 56.8. The number of nitrogens with zero attached hydrogens (tertiary/aromatic N) is 2. The number of benzene rings is 1. The third-order valence-corrected chi connectivity index (χ3v) is 9.17. The van der Waals surface area contributed by atoms with Crippen LogP contribution in [0.2, 0.25) is 0 Å². The number of fused-ring (bicyclic) bond motifs is 5. The summed E-state index contributed by atoms with van der Waals surface area (Å²) in [6.45, 7) is 6.10. The van der Waals surface area contributed by atoms with Crippen LogP contribution in [0, 0.1) is 5.41 Å². The molecule has 3 aromatic rings. The highest BCUT2D eigenvalue weighted by Crippen LogP contribution is 2.43. The molecule has 1 aromatic carbocycles. The lowest BCUT2D eigenvalue weighted by molar-refractivity contribution is -0.223. The maximum atomic E-state index is 13.8. The second-order valence-electron chi connectivity index (χ2n) is 13.0. The number of carbonyl (C=O) groups excluding carboxylic acids is 5. The Morgan fingerprint density at radius 2 is 1.80 bits per heavy atom. The zero-order valence-electron chi connectivity index (χ0n) is 28.2. The van der Waals surface area contributed by atoms with Crippen molar-refractivity contribution in [1.29, 1.82) is 0 Å². The molecule has 51 heavy (non-hydrogen) atoms. The van der Waals surface area contributed by atoms with Gasteiger partial charge in [-0.1, -0.05) is 13.8 Å². The van der Waals surface area contributed by atoms with Gasteiger partial charge in [-0.15, -0.1) is 0 Å². The van der Waals surface area contributed by atoms with Crippen molar-refractivity contribution in [2.75, 3.05) is 6.54 Å². The smallest absolute Gasteiger partial charge is 0.457 e. The summed E-state index contributed by atoms with van der Waals surface area (Å²) in [6.07, 6.45) is -5.52. The summed E-state index contributed by atoms with van der Waals surface area (Å²) in [6, 6.07) is 5.04. The number of cyclic esters (lactones) is 1. The van der Waals surface area contributed by atoms with Crippen molar-refractivity contribution in [3.63, 3.8) is 0 Å². The molecule has 0 spiro atoms. The molecule has 0 saturated heterocycles. The van der Waals surface area contributed by atoms with Crippen LogP contribution in [0.1, 0.15) is 69.2 Å². The van der Waals surface area contributed by atoms with Crippen molar-refractivity contribution in [2.45, 2.75) is 84.3 Å². The quantitative estimate of drug-likeness (QED) is 0.152. The highest BCUT2D eigenvalue weighted by Gasteiger charge is 2.54. The standard InChI is InChI=1S/C34H36F3N5O9/c1-5-17-18-11-16(50-29(46)32(3,4)9-10-40-27(44)22(38)13-25(39)43)7-8-23(18)41-26-19(17)14-42-24(26)12-21-20(28(42)45)15-49-30(47)33(21,6-2)51-31(48)34(35,36)37/h7-8,11-12,22H,5-6,9-10,13-15,38H2,1-4H3,(H2,39,43)(H,40,44)/t22-,33+/m1/s1. The number of aryl methyl sites for hydroxylation is 1. The third kappa shape index (κ3) is 6.77. The van der Waals surface area contributed by atoms with Crippen molar-refractivity contribution in [3.8, 4) is 17.1 Å². The van der Waals surface area contributed by atoms with Crippen LogP contribution in [-0.2, 0) is 58.6 Å². The molecule has 5 N–H and O–H groups in total. The van der Waals surface area contributed by atoms with Gasteiger partial charge in [0.1, 0.15) is 12.4 Å². The molecule has 2 amide bonds. The van der Waals surface area contributed by atoms with Crippen LogP contribution >= 0.6 is 0 Å². The van der Waals surface area contributed by atoms with E-state index in [1.807, 2.05) is 6.92 Å². The lowest BCUT2D eigenvalue weighted by Crippen LogP contribution is -2.49. The Morgan fingerprint density at radius 3 is 2.43 bits per heavy atom. The van der Waals surface area contributed by atoms with Crippen LogP contribution in [-0.4, -0.2) is 58.0 Å². The molecule has 0 unspecified atom stereocenters. The summed E-state index contributed by atoms with van der Waals surface area (Å²) in [5.74, 6) is -5.50. The fourth-order valence-electron chi connectivity index (χ4n) is 6.27. The number of halogens is 3. The fourth-order valence-corrected chi connectivity index (χ4v) is 6.27. The number of primary amides is 1. The Hall–Kier alpha value is -5.32. The number of esters is 3. The van der Waals surface area contributed by atoms with E-state index in [2.05, 4.69) is 5.32 Å². The van der Waals surface area contributed by atoms with Crippen molar-refractivity contribution < 1.29 is 51.4 Å². The van der Waals surface area contributed by atoms with Gasteiger partial charge in [-0.2, -0.15) is 13.2 Å². The number of carbonyl (C=O) groups is 5. The van der Waals surface area contributed by atoms with Crippen LogP contribution in [0.3, 0.4) is 0 Å². The van der Waals surface area contributed by atoms with E-state index in [1.54, 1.807) is 26.0 Å². The summed E-state index contributed by atoms with van der Waals surface area (Å²) in [5, 5.41) is 3.20. The first-order valence-electron chi connectivity index (χ1n) is 16.1. The lowest BCUT2D eigenvalue weighted by atomic mass is 9.85. The number of nitrogens with two attached hydrogens (primary N) is 2. The molecule has 0 aliphatic carbocycles. The predicted octanol–water partition coefficient (Wildman–Crippen LogP) is 2.40. The van der Waals surface area contributed by atoms with E-state index < -0.39 is 71.5 Å². The van der Waals surface area contributed by atoms with Crippen LogP contribution in [0.4, 0.5) is 13.2 Å². The molecule has 272 valence electrons. The van der Waals surface area contributed by atoms with E-state index in [-0.39, 0.29) is 48.5 Å². The van der Waals surface area contributed by atoms with Gasteiger partial charge in [-0.3, -0.25) is 19.2 Å². The number of rotatable bonds is 11. The van der Waals surface area contributed by atoms with E-state index in [1.165, 1.54) is 23.6 Å². The van der Waals surface area contributed by atoms with Crippen molar-refractivity contribution in [2.24, 2.45) is 16.9 Å². The number of aromatic nitrogens is 2. The molecular formula is C34H36F3N5O9. The maximum Gasteiger partial charge on any atom is 0.490 e. The molecule has 2 aliphatic heterocycles. The van der Waals surface area contributed by atoms with Crippen molar-refractivity contribution >= 4 is 40.6 Å². The number of amides is 2. The Balaban J connectivity index is 1.45. The number of pyridine rings is 2. The van der Waals surface area contributed by atoms with Crippen LogP contribution in [0.25, 0.3) is 22.3 Å². The zero-order chi connectivity index (χ0) is 37.6. The topological polar surface area (TPSA) is 212 Å². The summed E-state index contributed by atoms with van der Waals surface area (Å²) in [4.78, 5) is 79.8. The molecule has 2 atom stereocenters. The van der Waals surface area contributed by atoms with Crippen LogP contribution < -0.4 is 27.1 Å². The van der Waals surface area contributed by atoms with Gasteiger partial charge in [0.25, 0.3) is 5.56 Å². The van der Waals surface area contributed by atoms with Gasteiger partial charge >= 0.3 is 24.1 Å². The second-order valence-corrected chi connectivity index (χ2v) is 13.0. The summed E-state index contributed by atoms with van der Waals surface area (Å²) in [7, 11) is 0. The van der Waals surface area contributed by atoms with Crippen molar-refractivity contribution in [1.82, 2.24) is 14.9 Å². The molecule has 2 aromatic heterocycles. The SMILES string of the molecule is CCc1c2c(nc3ccc(OC(=O)C(C)(C)CCNC(=O)[C@H](N)CC(N)=O)cc13)-c1cc3c(c(=O)n1C2)COC(=O)[C@@]3(CC)OC(=O)C(F)(F)F. The first-order chi connectivity index (χ1) is 23.8.